The smallest absolute Gasteiger partial charge is 0.265 e. The number of anilines is 2. The van der Waals surface area contributed by atoms with Crippen LogP contribution in [0.5, 0.6) is 0 Å². The zero-order chi connectivity index (χ0) is 14.6. The van der Waals surface area contributed by atoms with Gasteiger partial charge in [0.05, 0.1) is 0 Å². The lowest BCUT2D eigenvalue weighted by molar-refractivity contribution is 0.0951. The molecule has 1 aliphatic rings. The van der Waals surface area contributed by atoms with E-state index in [0.717, 1.165) is 0 Å². The predicted molar refractivity (Wildman–Crippen MR) is 87.7 cm³/mol. The van der Waals surface area contributed by atoms with Gasteiger partial charge < -0.3 is 16.4 Å². The van der Waals surface area contributed by atoms with Crippen molar-refractivity contribution in [2.75, 3.05) is 30.9 Å². The van der Waals surface area contributed by atoms with E-state index in [0.29, 0.717) is 22.4 Å². The first-order valence-electron chi connectivity index (χ1n) is 6.87. The molecule has 4 N–H and O–H groups in total. The normalized spacial score (nSPS) is 17.7. The lowest BCUT2D eigenvalue weighted by Gasteiger charge is -2.35. The van der Waals surface area contributed by atoms with Gasteiger partial charge in [0.15, 0.2) is 5.13 Å². The third-order valence-corrected chi connectivity index (χ3v) is 6.35. The second-order valence-corrected chi connectivity index (χ2v) is 7.39. The van der Waals surface area contributed by atoms with Gasteiger partial charge in [0.25, 0.3) is 5.91 Å². The number of thioether (sulfide) groups is 1. The van der Waals surface area contributed by atoms with Gasteiger partial charge in [-0.1, -0.05) is 30.6 Å². The number of hydrogen-bond donors (Lipinski definition) is 3. The molecule has 7 heteroatoms. The van der Waals surface area contributed by atoms with Crippen LogP contribution in [0, 0.1) is 0 Å². The molecule has 112 valence electrons. The summed E-state index contributed by atoms with van der Waals surface area (Å²) < 4.78 is 0.194. The van der Waals surface area contributed by atoms with Crippen molar-refractivity contribution < 1.29 is 4.79 Å². The summed E-state index contributed by atoms with van der Waals surface area (Å²) >= 11 is 3.17. The van der Waals surface area contributed by atoms with E-state index in [4.69, 9.17) is 5.73 Å². The number of amides is 1. The molecule has 1 aliphatic carbocycles. The molecular weight excluding hydrogens is 292 g/mol. The van der Waals surface area contributed by atoms with Gasteiger partial charge >= 0.3 is 0 Å². The first-order valence-corrected chi connectivity index (χ1v) is 8.92. The third kappa shape index (κ3) is 3.38. The number of thiazole rings is 1. The molecule has 0 aliphatic heterocycles. The zero-order valence-electron chi connectivity index (χ0n) is 12.0. The van der Waals surface area contributed by atoms with Gasteiger partial charge in [-0.2, -0.15) is 11.8 Å². The van der Waals surface area contributed by atoms with Crippen LogP contribution in [0.15, 0.2) is 0 Å². The number of nitrogens with zero attached hydrogens (tertiary/aromatic N) is 1. The van der Waals surface area contributed by atoms with Crippen LogP contribution in [0.4, 0.5) is 10.9 Å². The summed E-state index contributed by atoms with van der Waals surface area (Å²) in [5, 5.41) is 6.62. The van der Waals surface area contributed by atoms with Crippen LogP contribution in [0.3, 0.4) is 0 Å². The molecule has 5 nitrogen and oxygen atoms in total. The van der Waals surface area contributed by atoms with E-state index in [2.05, 4.69) is 21.9 Å². The summed E-state index contributed by atoms with van der Waals surface area (Å²) in [6.07, 6.45) is 8.30. The Morgan fingerprint density at radius 1 is 1.45 bits per heavy atom. The Morgan fingerprint density at radius 2 is 2.15 bits per heavy atom. The number of nitrogens with one attached hydrogen (secondary N) is 2. The van der Waals surface area contributed by atoms with E-state index in [9.17, 15) is 4.79 Å². The van der Waals surface area contributed by atoms with Crippen molar-refractivity contribution in [2.24, 2.45) is 0 Å². The molecule has 0 radical (unpaired) electrons. The van der Waals surface area contributed by atoms with Gasteiger partial charge in [-0.3, -0.25) is 4.79 Å². The molecule has 0 saturated heterocycles. The summed E-state index contributed by atoms with van der Waals surface area (Å²) in [7, 11) is 1.77. The highest BCUT2D eigenvalue weighted by atomic mass is 32.2. The summed E-state index contributed by atoms with van der Waals surface area (Å²) in [5.41, 5.74) is 5.79. The molecule has 0 atom stereocenters. The van der Waals surface area contributed by atoms with E-state index < -0.39 is 0 Å². The largest absolute Gasteiger partial charge is 0.382 e. The number of rotatable bonds is 5. The van der Waals surface area contributed by atoms with Gasteiger partial charge in [-0.25, -0.2) is 4.98 Å². The maximum atomic E-state index is 12.2. The topological polar surface area (TPSA) is 80.0 Å². The summed E-state index contributed by atoms with van der Waals surface area (Å²) in [6, 6.07) is 0. The van der Waals surface area contributed by atoms with Crippen molar-refractivity contribution in [3.63, 3.8) is 0 Å². The minimum atomic E-state index is -0.111. The number of carbonyl (C=O) groups excluding carboxylic acids is 1. The Morgan fingerprint density at radius 3 is 2.70 bits per heavy atom. The monoisotopic (exact) mass is 314 g/mol. The van der Waals surface area contributed by atoms with Crippen LogP contribution in [0.25, 0.3) is 0 Å². The minimum absolute atomic E-state index is 0.111. The van der Waals surface area contributed by atoms with Crippen molar-refractivity contribution in [3.05, 3.63) is 4.88 Å². The fourth-order valence-corrected chi connectivity index (χ4v) is 4.24. The first-order chi connectivity index (χ1) is 9.60. The first kappa shape index (κ1) is 15.4. The second-order valence-electron chi connectivity index (χ2n) is 5.11. The fraction of sp³-hybridized carbons (Fsp3) is 0.692. The van der Waals surface area contributed by atoms with Gasteiger partial charge in [0, 0.05) is 18.3 Å². The van der Waals surface area contributed by atoms with Crippen molar-refractivity contribution in [1.82, 2.24) is 10.3 Å². The quantitative estimate of drug-likeness (QED) is 0.778. The number of carbonyl (C=O) groups is 1. The van der Waals surface area contributed by atoms with Crippen molar-refractivity contribution >= 4 is 40.0 Å². The average Bonchev–Trinajstić information content (AvgIpc) is 2.87. The van der Waals surface area contributed by atoms with E-state index in [1.54, 1.807) is 7.05 Å². The Hall–Kier alpha value is -0.950. The Balaban J connectivity index is 1.98. The van der Waals surface area contributed by atoms with Gasteiger partial charge in [0.1, 0.15) is 10.7 Å². The molecule has 1 saturated carbocycles. The fourth-order valence-electron chi connectivity index (χ4n) is 2.57. The Kier molecular flexibility index (Phi) is 5.15. The zero-order valence-corrected chi connectivity index (χ0v) is 13.6. The molecule has 0 unspecified atom stereocenters. The summed E-state index contributed by atoms with van der Waals surface area (Å²) in [5.74, 6) is 0.194. The number of aromatic nitrogens is 1. The standard InChI is InChI=1S/C13H22N4OS2/c1-15-12-17-10(14)9(20-12)11(18)16-8-13(19-2)6-4-3-5-7-13/h3-8,14H2,1-2H3,(H,15,17)(H,16,18). The lowest BCUT2D eigenvalue weighted by atomic mass is 9.88. The predicted octanol–water partition coefficient (Wildman–Crippen LogP) is 2.56. The highest BCUT2D eigenvalue weighted by Gasteiger charge is 2.32. The molecular formula is C13H22N4OS2. The van der Waals surface area contributed by atoms with Crippen molar-refractivity contribution in [1.29, 1.82) is 0 Å². The molecule has 1 heterocycles. The van der Waals surface area contributed by atoms with Crippen LogP contribution in [-0.4, -0.2) is 35.5 Å². The maximum Gasteiger partial charge on any atom is 0.265 e. The SMILES string of the molecule is CNc1nc(N)c(C(=O)NCC2(SC)CCCCC2)s1. The molecule has 1 fully saturated rings. The van der Waals surface area contributed by atoms with E-state index in [-0.39, 0.29) is 10.7 Å². The average molecular weight is 314 g/mol. The van der Waals surface area contributed by atoms with Crippen molar-refractivity contribution in [2.45, 2.75) is 36.9 Å². The van der Waals surface area contributed by atoms with Gasteiger partial charge in [-0.15, -0.1) is 0 Å². The van der Waals surface area contributed by atoms with Gasteiger partial charge in [-0.05, 0) is 19.1 Å². The second kappa shape index (κ2) is 6.67. The summed E-state index contributed by atoms with van der Waals surface area (Å²) in [4.78, 5) is 16.8. The van der Waals surface area contributed by atoms with Crippen LogP contribution >= 0.6 is 23.1 Å². The molecule has 0 spiro atoms. The van der Waals surface area contributed by atoms with Crippen LogP contribution < -0.4 is 16.4 Å². The van der Waals surface area contributed by atoms with Crippen LogP contribution in [0.1, 0.15) is 41.8 Å². The molecule has 2 rings (SSSR count). The highest BCUT2D eigenvalue weighted by Crippen LogP contribution is 2.38. The number of nitrogen functional groups attached to an aromatic ring is 1. The Bertz CT molecular complexity index is 469. The van der Waals surface area contributed by atoms with Crippen molar-refractivity contribution in [3.8, 4) is 0 Å². The molecule has 1 amide bonds. The molecule has 0 bridgehead atoms. The van der Waals surface area contributed by atoms with E-state index in [1.807, 2.05) is 11.8 Å². The van der Waals surface area contributed by atoms with Gasteiger partial charge in [0.2, 0.25) is 0 Å². The molecule has 20 heavy (non-hydrogen) atoms. The molecule has 1 aromatic rings. The minimum Gasteiger partial charge on any atom is -0.382 e. The Labute approximate surface area is 128 Å². The molecule has 0 aromatic carbocycles. The van der Waals surface area contributed by atoms with Crippen LogP contribution in [-0.2, 0) is 0 Å². The van der Waals surface area contributed by atoms with E-state index in [1.165, 1.54) is 43.4 Å². The lowest BCUT2D eigenvalue weighted by Crippen LogP contribution is -2.41. The highest BCUT2D eigenvalue weighted by molar-refractivity contribution is 8.00. The summed E-state index contributed by atoms with van der Waals surface area (Å²) in [6.45, 7) is 0.708. The number of hydrogen-bond acceptors (Lipinski definition) is 6. The number of nitrogens with two attached hydrogens (primary N) is 1. The molecule has 1 aromatic heterocycles. The maximum absolute atomic E-state index is 12.2. The van der Waals surface area contributed by atoms with E-state index >= 15 is 0 Å². The third-order valence-electron chi connectivity index (χ3n) is 3.84. The van der Waals surface area contributed by atoms with Crippen LogP contribution in [0.2, 0.25) is 0 Å².